The standard InChI is InChI=1S/C13H24N6OS/c1-3-6-21-13-15-8(2)11(18-14)12(17-13)16-9-4-5-10(7-9)19-20/h9-10,12,16,18H,3-7,14H2,1-2H3,(H,15,17)/t9-,10+,12?/m0/s1. The van der Waals surface area contributed by atoms with Gasteiger partial charge < -0.3 is 10.7 Å². The van der Waals surface area contributed by atoms with Crippen LogP contribution in [-0.2, 0) is 0 Å². The van der Waals surface area contributed by atoms with Crippen molar-refractivity contribution in [3.8, 4) is 0 Å². The Hall–Kier alpha value is -1.12. The Labute approximate surface area is 129 Å². The number of hydrogen-bond donors (Lipinski definition) is 4. The lowest BCUT2D eigenvalue weighted by Crippen LogP contribution is -2.47. The molecule has 0 radical (unpaired) electrons. The van der Waals surface area contributed by atoms with Crippen LogP contribution in [0.1, 0.15) is 39.5 Å². The fourth-order valence-corrected chi connectivity index (χ4v) is 3.46. The molecule has 5 N–H and O–H groups in total. The van der Waals surface area contributed by atoms with E-state index < -0.39 is 0 Å². The number of rotatable bonds is 6. The third kappa shape index (κ3) is 4.18. The average molecular weight is 312 g/mol. The van der Waals surface area contributed by atoms with E-state index in [0.29, 0.717) is 0 Å². The summed E-state index contributed by atoms with van der Waals surface area (Å²) in [5, 5.41) is 10.8. The zero-order chi connectivity index (χ0) is 15.2. The van der Waals surface area contributed by atoms with Gasteiger partial charge in [-0.1, -0.05) is 23.9 Å². The Morgan fingerprint density at radius 1 is 1.52 bits per heavy atom. The number of hydrazine groups is 1. The smallest absolute Gasteiger partial charge is 0.162 e. The lowest BCUT2D eigenvalue weighted by Gasteiger charge is -2.28. The van der Waals surface area contributed by atoms with Gasteiger partial charge in [-0.05, 0) is 32.6 Å². The predicted octanol–water partition coefficient (Wildman–Crippen LogP) is 1.39. The molecule has 1 fully saturated rings. The summed E-state index contributed by atoms with van der Waals surface area (Å²) in [5.74, 6) is 6.65. The molecule has 0 amide bonds. The van der Waals surface area contributed by atoms with Crippen molar-refractivity contribution >= 4 is 16.9 Å². The maximum atomic E-state index is 10.6. The molecule has 0 spiro atoms. The van der Waals surface area contributed by atoms with E-state index in [0.717, 1.165) is 48.0 Å². The number of nitrogens with one attached hydrogen (secondary N) is 3. The Balaban J connectivity index is 2.03. The van der Waals surface area contributed by atoms with Crippen LogP contribution in [0.25, 0.3) is 0 Å². The number of nitrogens with zero attached hydrogens (tertiary/aromatic N) is 2. The van der Waals surface area contributed by atoms with E-state index in [-0.39, 0.29) is 18.2 Å². The number of aliphatic imine (C=N–C) groups is 1. The lowest BCUT2D eigenvalue weighted by atomic mass is 10.2. The Morgan fingerprint density at radius 3 is 2.95 bits per heavy atom. The Bertz CT molecular complexity index is 438. The van der Waals surface area contributed by atoms with Gasteiger partial charge in [-0.25, -0.2) is 4.99 Å². The third-order valence-electron chi connectivity index (χ3n) is 3.76. The van der Waals surface area contributed by atoms with E-state index in [9.17, 15) is 4.91 Å². The molecule has 2 rings (SSSR count). The minimum absolute atomic E-state index is 0.0681. The van der Waals surface area contributed by atoms with Crippen LogP contribution in [0.2, 0.25) is 0 Å². The highest BCUT2D eigenvalue weighted by atomic mass is 32.2. The van der Waals surface area contributed by atoms with Crippen LogP contribution >= 0.6 is 11.8 Å². The van der Waals surface area contributed by atoms with Gasteiger partial charge in [0.05, 0.1) is 11.7 Å². The van der Waals surface area contributed by atoms with Crippen LogP contribution in [0.15, 0.2) is 21.6 Å². The van der Waals surface area contributed by atoms with Gasteiger partial charge in [0.15, 0.2) is 5.17 Å². The van der Waals surface area contributed by atoms with Crippen LogP contribution in [0.4, 0.5) is 0 Å². The molecule has 0 bridgehead atoms. The molecule has 7 nitrogen and oxygen atoms in total. The minimum atomic E-state index is -0.189. The number of nitroso groups, excluding NO2 is 1. The zero-order valence-electron chi connectivity index (χ0n) is 12.6. The Kier molecular flexibility index (Phi) is 6.01. The van der Waals surface area contributed by atoms with E-state index in [4.69, 9.17) is 5.84 Å². The largest absolute Gasteiger partial charge is 0.337 e. The van der Waals surface area contributed by atoms with Crippen molar-refractivity contribution in [2.24, 2.45) is 16.0 Å². The maximum Gasteiger partial charge on any atom is 0.162 e. The number of hydrogen-bond acceptors (Lipinski definition) is 8. The summed E-state index contributed by atoms with van der Waals surface area (Å²) in [4.78, 5) is 15.3. The summed E-state index contributed by atoms with van der Waals surface area (Å²) in [6.07, 6.45) is 3.48. The summed E-state index contributed by atoms with van der Waals surface area (Å²) in [5.41, 5.74) is 4.56. The van der Waals surface area contributed by atoms with Gasteiger partial charge in [-0.2, -0.15) is 4.91 Å². The fourth-order valence-electron chi connectivity index (χ4n) is 2.65. The van der Waals surface area contributed by atoms with Gasteiger partial charge in [0, 0.05) is 17.5 Å². The van der Waals surface area contributed by atoms with Gasteiger partial charge in [0.25, 0.3) is 0 Å². The normalized spacial score (nSPS) is 29.1. The van der Waals surface area contributed by atoms with Crippen LogP contribution in [0, 0.1) is 4.91 Å². The predicted molar refractivity (Wildman–Crippen MR) is 87.5 cm³/mol. The third-order valence-corrected chi connectivity index (χ3v) is 4.86. The fraction of sp³-hybridized carbons (Fsp3) is 0.769. The highest BCUT2D eigenvalue weighted by Gasteiger charge is 2.30. The van der Waals surface area contributed by atoms with Crippen molar-refractivity contribution in [3.05, 3.63) is 16.3 Å². The van der Waals surface area contributed by atoms with Crippen molar-refractivity contribution < 1.29 is 0 Å². The summed E-state index contributed by atoms with van der Waals surface area (Å²) in [6.45, 7) is 4.13. The molecule has 2 aliphatic rings. The first-order valence-corrected chi connectivity index (χ1v) is 8.40. The van der Waals surface area contributed by atoms with Gasteiger partial charge >= 0.3 is 0 Å². The van der Waals surface area contributed by atoms with Gasteiger partial charge in [0.1, 0.15) is 6.17 Å². The minimum Gasteiger partial charge on any atom is -0.337 e. The summed E-state index contributed by atoms with van der Waals surface area (Å²) in [6, 6.07) is 0.189. The average Bonchev–Trinajstić information content (AvgIpc) is 2.92. The van der Waals surface area contributed by atoms with Gasteiger partial charge in [-0.15, -0.1) is 0 Å². The van der Waals surface area contributed by atoms with Crippen molar-refractivity contribution in [2.75, 3.05) is 5.75 Å². The molecule has 3 atom stereocenters. The molecule has 8 heteroatoms. The molecule has 1 unspecified atom stereocenters. The molecule has 1 aliphatic heterocycles. The summed E-state index contributed by atoms with van der Waals surface area (Å²) in [7, 11) is 0. The molecule has 21 heavy (non-hydrogen) atoms. The molecule has 1 heterocycles. The number of nitrogens with two attached hydrogens (primary N) is 1. The number of allylic oxidation sites excluding steroid dienone is 1. The second-order valence-corrected chi connectivity index (χ2v) is 6.51. The zero-order valence-corrected chi connectivity index (χ0v) is 13.4. The van der Waals surface area contributed by atoms with Gasteiger partial charge in [-0.3, -0.25) is 11.2 Å². The first-order chi connectivity index (χ1) is 10.2. The summed E-state index contributed by atoms with van der Waals surface area (Å²) >= 11 is 1.71. The molecule has 0 aromatic carbocycles. The van der Waals surface area contributed by atoms with Crippen molar-refractivity contribution in [2.45, 2.75) is 57.8 Å². The molecule has 118 valence electrons. The van der Waals surface area contributed by atoms with Crippen LogP contribution in [-0.4, -0.2) is 29.2 Å². The molecular formula is C13H24N6OS. The van der Waals surface area contributed by atoms with E-state index in [1.807, 2.05) is 6.92 Å². The number of amidine groups is 1. The molecule has 0 saturated heterocycles. The molecule has 0 aromatic rings. The molecular weight excluding hydrogens is 288 g/mol. The van der Waals surface area contributed by atoms with E-state index in [2.05, 4.69) is 33.2 Å². The Morgan fingerprint density at radius 2 is 2.33 bits per heavy atom. The van der Waals surface area contributed by atoms with Crippen molar-refractivity contribution in [1.29, 1.82) is 0 Å². The SMILES string of the molecule is CCCSC1=NC(N[C@H]2CC[C@@H](N=O)C2)C(NN)=C(C)N1. The van der Waals surface area contributed by atoms with E-state index in [1.54, 1.807) is 11.8 Å². The van der Waals surface area contributed by atoms with Crippen molar-refractivity contribution in [3.63, 3.8) is 0 Å². The number of thioether (sulfide) groups is 1. The van der Waals surface area contributed by atoms with Crippen molar-refractivity contribution in [1.82, 2.24) is 16.1 Å². The quantitative estimate of drug-likeness (QED) is 0.336. The first-order valence-electron chi connectivity index (χ1n) is 7.41. The maximum absolute atomic E-state index is 10.6. The molecule has 1 saturated carbocycles. The second kappa shape index (κ2) is 7.77. The van der Waals surface area contributed by atoms with Crippen LogP contribution in [0.5, 0.6) is 0 Å². The lowest BCUT2D eigenvalue weighted by molar-refractivity contribution is 0.447. The second-order valence-electron chi connectivity index (χ2n) is 5.43. The van der Waals surface area contributed by atoms with E-state index in [1.165, 1.54) is 0 Å². The topological polar surface area (TPSA) is 104 Å². The van der Waals surface area contributed by atoms with E-state index >= 15 is 0 Å². The molecule has 1 aliphatic carbocycles. The first kappa shape index (κ1) is 16.3. The monoisotopic (exact) mass is 312 g/mol. The van der Waals surface area contributed by atoms with Gasteiger partial charge in [0.2, 0.25) is 0 Å². The van der Waals surface area contributed by atoms with Crippen LogP contribution in [0.3, 0.4) is 0 Å². The molecule has 0 aromatic heterocycles. The summed E-state index contributed by atoms with van der Waals surface area (Å²) < 4.78 is 0. The highest BCUT2D eigenvalue weighted by Crippen LogP contribution is 2.24. The van der Waals surface area contributed by atoms with Crippen LogP contribution < -0.4 is 21.9 Å². The highest BCUT2D eigenvalue weighted by molar-refractivity contribution is 8.13.